The Morgan fingerprint density at radius 2 is 0.645 bits per heavy atom. The lowest BCUT2D eigenvalue weighted by Crippen LogP contribution is -2.49. The van der Waals surface area contributed by atoms with Crippen LogP contribution < -0.4 is 25.3 Å². The van der Waals surface area contributed by atoms with Crippen LogP contribution in [0.5, 0.6) is 0 Å². The Morgan fingerprint density at radius 3 is 0.909 bits per heavy atom. The minimum atomic E-state index is -3.80. The van der Waals surface area contributed by atoms with Crippen LogP contribution in [0.4, 0.5) is 17.1 Å². The summed E-state index contributed by atoms with van der Waals surface area (Å²) >= 11 is 0. The molecule has 0 bridgehead atoms. The number of likely N-dealkylation sites (tertiary alicyclic amines) is 2. The Kier molecular flexibility index (Phi) is 38.1. The Morgan fingerprint density at radius 1 is 0.372 bits per heavy atom. The molecule has 33 nitrogen and oxygen atoms in total. The summed E-state index contributed by atoms with van der Waals surface area (Å²) in [6.45, 7) is 26.6. The molecule has 39 heteroatoms. The number of carbonyl (C=O) groups is 7. The highest BCUT2D eigenvalue weighted by molar-refractivity contribution is 8.14. The maximum absolute atomic E-state index is 13.0. The van der Waals surface area contributed by atoms with E-state index in [1.807, 2.05) is 59.1 Å². The van der Waals surface area contributed by atoms with Crippen LogP contribution in [0.15, 0.2) is 73.6 Å². The van der Waals surface area contributed by atoms with Gasteiger partial charge in [0.15, 0.2) is 5.75 Å². The fourth-order valence-electron chi connectivity index (χ4n) is 18.2. The molecule has 0 saturated carbocycles. The second-order valence-corrected chi connectivity index (χ2v) is 45.6. The molecule has 121 heavy (non-hydrogen) atoms. The number of aromatic nitrogens is 3. The standard InChI is InChI=1S/C21H30N4O5S.C21H32N4O3S.C13H19N3.C9H17NO3S.C8H15NO4S.C7H13NO.C3H5ClO3S/c26-19(27)15-31(29,30)25-10-3-17(4-11-25)20(28)23-12-5-21(6-13-23)7-14-24(16-21)18-1-8-22-9-2-18;1-2-29(27,28)25-12-5-18(6-13-25)20(26)23-14-7-21(8-15-23)9-16-24(17-21)19-3-10-22-11-4-19;1-6-14-7-2-12(1)16-10-5-13(11-16)3-8-15-9-4-13;1-3-14(12,13)10-6-4-9(5-7-10)8(2)11;1-2-14(12,13)9-5-3-7(4-6-9)8(10)11;1-6(9)7-2-4-8-5-3-7;1-3(5)2-8(4,6)7/h1-2,8-9,17H,3-7,10-16H2,(H,26,27);3-4,10-11,18H,2,5-9,12-17H2,1H3;1-2,6-7,15H,3-5,8-11H2;9H,3-7H2,1-2H3;7H,2-6H2,1H3,(H,10,11);7-8H,2-5H2,1H3;2H2,1H3. The van der Waals surface area contributed by atoms with E-state index in [1.165, 1.54) is 88.8 Å². The zero-order valence-corrected chi connectivity index (χ0v) is 76.3. The lowest BCUT2D eigenvalue weighted by Gasteiger charge is -2.41. The Hall–Kier alpha value is -6.46. The summed E-state index contributed by atoms with van der Waals surface area (Å²) in [6, 6.07) is 12.5. The van der Waals surface area contributed by atoms with E-state index in [9.17, 15) is 75.7 Å². The predicted octanol–water partition coefficient (Wildman–Crippen LogP) is 6.14. The first kappa shape index (κ1) is 100.0. The number of aliphatic carboxylic acids is 2. The van der Waals surface area contributed by atoms with Crippen LogP contribution in [0, 0.1) is 45.8 Å². The van der Waals surface area contributed by atoms with Crippen LogP contribution in [0.1, 0.15) is 164 Å². The van der Waals surface area contributed by atoms with Gasteiger partial charge in [0.1, 0.15) is 23.1 Å². The monoisotopic (exact) mass is 1810 g/mol. The van der Waals surface area contributed by atoms with Crippen molar-refractivity contribution in [2.24, 2.45) is 45.8 Å². The van der Waals surface area contributed by atoms with Crippen molar-refractivity contribution in [3.8, 4) is 0 Å². The molecule has 11 saturated heterocycles. The van der Waals surface area contributed by atoms with Crippen LogP contribution in [0.3, 0.4) is 0 Å². The number of halogens is 1. The number of Topliss-reactive ketones (excluding diaryl/α,β-unsaturated/α-hetero) is 3. The van der Waals surface area contributed by atoms with E-state index in [4.69, 9.17) is 10.2 Å². The number of piperidine rings is 8. The van der Waals surface area contributed by atoms with Gasteiger partial charge in [-0.2, -0.15) is 0 Å². The Bertz CT molecular complexity index is 4370. The second kappa shape index (κ2) is 46.1. The Balaban J connectivity index is 0.000000185. The van der Waals surface area contributed by atoms with Crippen molar-refractivity contribution in [3.05, 3.63) is 73.6 Å². The average Bonchev–Trinajstić information content (AvgIpc) is 1.67. The normalized spacial score (nSPS) is 21.9. The lowest BCUT2D eigenvalue weighted by molar-refractivity contribution is -0.143. The fraction of sp³-hybridized carbons (Fsp3) is 0.732. The molecule has 4 N–H and O–H groups in total. The number of nitrogens with zero attached hydrogens (tertiary/aromatic N) is 12. The summed E-state index contributed by atoms with van der Waals surface area (Å²) in [7, 11) is -12.0. The number of nitrogens with one attached hydrogen (secondary N) is 2. The zero-order valence-electron chi connectivity index (χ0n) is 71.5. The van der Waals surface area contributed by atoms with E-state index in [0.29, 0.717) is 113 Å². The molecule has 14 rings (SSSR count). The van der Waals surface area contributed by atoms with Crippen molar-refractivity contribution < 1.29 is 85.9 Å². The van der Waals surface area contributed by atoms with Crippen LogP contribution in [0.25, 0.3) is 0 Å². The molecule has 0 aromatic carbocycles. The summed E-state index contributed by atoms with van der Waals surface area (Å²) in [4.78, 5) is 103. The third kappa shape index (κ3) is 30.4. The zero-order chi connectivity index (χ0) is 88.4. The van der Waals surface area contributed by atoms with Crippen molar-refractivity contribution >= 4 is 118 Å². The molecule has 11 aliphatic heterocycles. The van der Waals surface area contributed by atoms with Gasteiger partial charge < -0.3 is 45.3 Å². The van der Waals surface area contributed by atoms with E-state index in [2.05, 4.69) is 75.2 Å². The summed E-state index contributed by atoms with van der Waals surface area (Å²) < 4.78 is 120. The number of sulfonamides is 4. The van der Waals surface area contributed by atoms with Gasteiger partial charge in [-0.05, 0) is 242 Å². The van der Waals surface area contributed by atoms with Crippen LogP contribution in [0.2, 0.25) is 0 Å². The molecule has 0 unspecified atom stereocenters. The summed E-state index contributed by atoms with van der Waals surface area (Å²) in [5.74, 6) is -2.98. The minimum Gasteiger partial charge on any atom is -0.481 e. The molecule has 0 radical (unpaired) electrons. The fourth-order valence-corrected chi connectivity index (χ4v) is 23.8. The van der Waals surface area contributed by atoms with Crippen LogP contribution in [-0.4, -0.2) is 308 Å². The third-order valence-electron chi connectivity index (χ3n) is 26.0. The SMILES string of the molecule is CC(=O)C1CCNCC1.CC(=O)CS(=O)(=O)Cl.CCS(=O)(=O)N1CCC(C(=O)N2CCC3(CC2)CCN(c2ccncc2)C3)CC1.CCS(=O)(=O)N1CCC(C(=O)O)CC1.CCS(=O)(=O)N1CCC(C(C)=O)CC1.O=C(O)CS(=O)(=O)N1CCC(C(=O)N2CCC3(CC2)CCN(c2ccncc2)C3)CC1.c1cc(N2CCC3(CCNCC3)C2)ccn1. The molecule has 2 amide bonds. The minimum absolute atomic E-state index is 0.0238. The van der Waals surface area contributed by atoms with Gasteiger partial charge in [0, 0.05) is 206 Å². The number of ketones is 3. The van der Waals surface area contributed by atoms with Crippen LogP contribution in [-0.2, 0) is 82.7 Å². The first-order valence-corrected chi connectivity index (χ1v) is 51.9. The van der Waals surface area contributed by atoms with Crippen molar-refractivity contribution in [1.82, 2.24) is 52.6 Å². The van der Waals surface area contributed by atoms with E-state index in [-0.39, 0.29) is 77.0 Å². The van der Waals surface area contributed by atoms with E-state index in [0.717, 1.165) is 110 Å². The molecule has 3 spiro atoms. The van der Waals surface area contributed by atoms with Crippen molar-refractivity contribution in [2.45, 2.75) is 164 Å². The molecular formula is C82H131ClN14O19S5. The van der Waals surface area contributed by atoms with E-state index >= 15 is 0 Å². The summed E-state index contributed by atoms with van der Waals surface area (Å²) in [6.07, 6.45) is 28.1. The quantitative estimate of drug-likeness (QED) is 0.0979. The van der Waals surface area contributed by atoms with Crippen molar-refractivity contribution in [3.63, 3.8) is 0 Å². The van der Waals surface area contributed by atoms with Gasteiger partial charge in [-0.3, -0.25) is 48.5 Å². The number of carbonyl (C=O) groups excluding carboxylic acids is 5. The largest absolute Gasteiger partial charge is 0.481 e. The maximum atomic E-state index is 13.0. The molecule has 3 aromatic rings. The molecule has 680 valence electrons. The number of hydrogen-bond donors (Lipinski definition) is 4. The van der Waals surface area contributed by atoms with Gasteiger partial charge in [0.2, 0.25) is 61.0 Å². The third-order valence-corrected chi connectivity index (χ3v) is 34.5. The lowest BCUT2D eigenvalue weighted by atomic mass is 9.77. The van der Waals surface area contributed by atoms with Gasteiger partial charge in [-0.15, -0.1) is 0 Å². The number of rotatable bonds is 19. The molecule has 14 heterocycles. The molecule has 0 atom stereocenters. The number of amides is 2. The van der Waals surface area contributed by atoms with E-state index < -0.39 is 78.4 Å². The molecular weight excluding hydrogens is 1680 g/mol. The summed E-state index contributed by atoms with van der Waals surface area (Å²) in [5, 5.41) is 24.2. The second-order valence-electron chi connectivity index (χ2n) is 34.0. The van der Waals surface area contributed by atoms with Crippen molar-refractivity contribution in [1.29, 1.82) is 0 Å². The molecule has 11 aliphatic rings. The number of pyridine rings is 3. The smallest absolute Gasteiger partial charge is 0.320 e. The van der Waals surface area contributed by atoms with E-state index in [1.54, 1.807) is 38.9 Å². The molecule has 3 aromatic heterocycles. The highest BCUT2D eigenvalue weighted by Crippen LogP contribution is 2.45. The van der Waals surface area contributed by atoms with Crippen LogP contribution >= 0.6 is 10.7 Å². The molecule has 11 fully saturated rings. The van der Waals surface area contributed by atoms with Gasteiger partial charge in [0.25, 0.3) is 0 Å². The highest BCUT2D eigenvalue weighted by Gasteiger charge is 2.46. The molecule has 0 aliphatic carbocycles. The average molecular weight is 1810 g/mol. The number of hydrogen-bond acceptors (Lipinski definition) is 25. The predicted molar refractivity (Wildman–Crippen MR) is 466 cm³/mol. The first-order chi connectivity index (χ1) is 57.2. The van der Waals surface area contributed by atoms with Gasteiger partial charge in [-0.1, -0.05) is 0 Å². The first-order valence-electron chi connectivity index (χ1n) is 43.0. The van der Waals surface area contributed by atoms with Gasteiger partial charge >= 0.3 is 11.9 Å². The topological polar surface area (TPSA) is 423 Å². The summed E-state index contributed by atoms with van der Waals surface area (Å²) in [5.41, 5.74) is 4.95. The number of carboxylic acid groups (broad SMARTS) is 2. The highest BCUT2D eigenvalue weighted by atomic mass is 35.7. The number of anilines is 3. The van der Waals surface area contributed by atoms with Crippen molar-refractivity contribution in [2.75, 3.05) is 187 Å². The number of carboxylic acids is 2. The van der Waals surface area contributed by atoms with Gasteiger partial charge in [-0.25, -0.2) is 59.3 Å². The van der Waals surface area contributed by atoms with Gasteiger partial charge in [0.05, 0.1) is 23.2 Å². The maximum Gasteiger partial charge on any atom is 0.320 e. The Labute approximate surface area is 722 Å².